The van der Waals surface area contributed by atoms with Crippen molar-refractivity contribution in [3.05, 3.63) is 229 Å². The lowest BCUT2D eigenvalue weighted by atomic mass is 9.70. The summed E-state index contributed by atoms with van der Waals surface area (Å²) in [4.78, 5) is 0. The van der Waals surface area contributed by atoms with Crippen LogP contribution in [-0.4, -0.2) is 0 Å². The molecule has 11 aromatic carbocycles. The minimum atomic E-state index is -0.444. The van der Waals surface area contributed by atoms with Crippen molar-refractivity contribution in [1.82, 2.24) is 0 Å². The second-order valence-electron chi connectivity index (χ2n) is 16.0. The number of hydrogen-bond donors (Lipinski definition) is 0. The zero-order chi connectivity index (χ0) is 37.2. The normalized spacial score (nSPS) is 15.1. The van der Waals surface area contributed by atoms with Crippen LogP contribution in [0.1, 0.15) is 22.3 Å². The van der Waals surface area contributed by atoms with Crippen molar-refractivity contribution >= 4 is 53.9 Å². The molecule has 0 amide bonds. The Bertz CT molecular complexity index is 3530. The van der Waals surface area contributed by atoms with E-state index in [1.54, 1.807) is 0 Å². The zero-order valence-corrected chi connectivity index (χ0v) is 31.1. The van der Waals surface area contributed by atoms with Crippen LogP contribution in [0.4, 0.5) is 0 Å². The maximum Gasteiger partial charge on any atom is 0.0725 e. The molecular formula is C57H34. The van der Waals surface area contributed by atoms with E-state index in [4.69, 9.17) is 0 Å². The molecule has 0 heteroatoms. The number of fused-ring (bicyclic) bond motifs is 18. The van der Waals surface area contributed by atoms with Gasteiger partial charge in [0.25, 0.3) is 0 Å². The summed E-state index contributed by atoms with van der Waals surface area (Å²) in [7, 11) is 0. The van der Waals surface area contributed by atoms with Gasteiger partial charge < -0.3 is 0 Å². The van der Waals surface area contributed by atoms with Crippen molar-refractivity contribution in [2.75, 3.05) is 0 Å². The molecule has 262 valence electrons. The summed E-state index contributed by atoms with van der Waals surface area (Å²) in [6.45, 7) is 0. The minimum absolute atomic E-state index is 0.444. The van der Waals surface area contributed by atoms with Crippen LogP contribution in [-0.2, 0) is 5.41 Å². The maximum atomic E-state index is 2.56. The average Bonchev–Trinajstić information content (AvgIpc) is 3.74. The van der Waals surface area contributed by atoms with Crippen LogP contribution in [0.25, 0.3) is 98.4 Å². The SMILES string of the molecule is c1ccc2c(c1)-c1ccc(-c3ccc4cc(-c5ccc6ccccc6c5)ccc4c3)cc1C21c2ccccc2-c2cc3c4ccccc4c4ccccc4c3cc21. The van der Waals surface area contributed by atoms with E-state index in [0.29, 0.717) is 0 Å². The first-order valence-electron chi connectivity index (χ1n) is 20.0. The van der Waals surface area contributed by atoms with Crippen LogP contribution in [0.3, 0.4) is 0 Å². The quantitative estimate of drug-likeness (QED) is 0.156. The summed E-state index contributed by atoms with van der Waals surface area (Å²) in [6, 6.07) is 77.7. The van der Waals surface area contributed by atoms with Gasteiger partial charge in [-0.05, 0) is 157 Å². The summed E-state index contributed by atoms with van der Waals surface area (Å²) >= 11 is 0. The van der Waals surface area contributed by atoms with Gasteiger partial charge in [0, 0.05) is 0 Å². The number of benzene rings is 11. The first-order valence-corrected chi connectivity index (χ1v) is 20.0. The molecule has 0 saturated heterocycles. The molecule has 2 aliphatic carbocycles. The molecule has 11 aromatic rings. The maximum absolute atomic E-state index is 2.56. The molecule has 0 N–H and O–H groups in total. The molecule has 1 spiro atoms. The van der Waals surface area contributed by atoms with Crippen molar-refractivity contribution in [3.8, 4) is 44.5 Å². The summed E-state index contributed by atoms with van der Waals surface area (Å²) in [5, 5.41) is 12.9. The van der Waals surface area contributed by atoms with E-state index in [1.165, 1.54) is 121 Å². The highest BCUT2D eigenvalue weighted by Crippen LogP contribution is 2.64. The number of rotatable bonds is 2. The van der Waals surface area contributed by atoms with Crippen molar-refractivity contribution in [2.45, 2.75) is 5.41 Å². The van der Waals surface area contributed by atoms with Crippen molar-refractivity contribution in [2.24, 2.45) is 0 Å². The number of hydrogen-bond acceptors (Lipinski definition) is 0. The van der Waals surface area contributed by atoms with Gasteiger partial charge in [-0.3, -0.25) is 0 Å². The molecule has 1 atom stereocenters. The van der Waals surface area contributed by atoms with Gasteiger partial charge in [0.15, 0.2) is 0 Å². The lowest BCUT2D eigenvalue weighted by Gasteiger charge is -2.31. The topological polar surface area (TPSA) is 0 Å². The highest BCUT2D eigenvalue weighted by Gasteiger charge is 2.51. The lowest BCUT2D eigenvalue weighted by molar-refractivity contribution is 0.795. The van der Waals surface area contributed by atoms with Gasteiger partial charge in [0.1, 0.15) is 0 Å². The summed E-state index contributed by atoms with van der Waals surface area (Å²) in [6.07, 6.45) is 0. The van der Waals surface area contributed by atoms with Gasteiger partial charge in [0.05, 0.1) is 5.41 Å². The van der Waals surface area contributed by atoms with Crippen molar-refractivity contribution in [1.29, 1.82) is 0 Å². The van der Waals surface area contributed by atoms with E-state index in [-0.39, 0.29) is 0 Å². The van der Waals surface area contributed by atoms with E-state index in [9.17, 15) is 0 Å². The molecule has 57 heavy (non-hydrogen) atoms. The van der Waals surface area contributed by atoms with Crippen LogP contribution in [0, 0.1) is 0 Å². The Balaban J connectivity index is 1.03. The highest BCUT2D eigenvalue weighted by molar-refractivity contribution is 6.26. The van der Waals surface area contributed by atoms with E-state index >= 15 is 0 Å². The summed E-state index contributed by atoms with van der Waals surface area (Å²) in [5.74, 6) is 0. The Morgan fingerprint density at radius 1 is 0.211 bits per heavy atom. The third-order valence-electron chi connectivity index (χ3n) is 13.2. The first-order chi connectivity index (χ1) is 28.2. The van der Waals surface area contributed by atoms with Gasteiger partial charge in [-0.25, -0.2) is 0 Å². The largest absolute Gasteiger partial charge is 0.0725 e. The van der Waals surface area contributed by atoms with E-state index in [2.05, 4.69) is 206 Å². The molecule has 0 nitrogen and oxygen atoms in total. The van der Waals surface area contributed by atoms with Crippen LogP contribution in [0.5, 0.6) is 0 Å². The fraction of sp³-hybridized carbons (Fsp3) is 0.0175. The molecule has 13 rings (SSSR count). The Kier molecular flexibility index (Phi) is 6.19. The van der Waals surface area contributed by atoms with Gasteiger partial charge in [-0.2, -0.15) is 0 Å². The predicted molar refractivity (Wildman–Crippen MR) is 241 cm³/mol. The molecule has 0 fully saturated rings. The molecule has 0 heterocycles. The first kappa shape index (κ1) is 31.0. The summed E-state index contributed by atoms with van der Waals surface area (Å²) < 4.78 is 0. The fourth-order valence-electron chi connectivity index (χ4n) is 10.7. The van der Waals surface area contributed by atoms with E-state index < -0.39 is 5.41 Å². The second kappa shape index (κ2) is 11.4. The monoisotopic (exact) mass is 718 g/mol. The second-order valence-corrected chi connectivity index (χ2v) is 16.0. The lowest BCUT2D eigenvalue weighted by Crippen LogP contribution is -2.25. The standard InChI is InChI=1S/C57H34/c1-2-12-36-29-37(22-21-35(36)11-1)38-23-24-40-31-41(26-25-39(40)30-38)42-27-28-49-47-17-7-9-19-53(47)57(55(49)32-42)54-20-10-8-18-48(54)52-33-50-45-15-5-3-13-43(45)44-14-4-6-16-46(44)51(50)34-56(52)57/h1-34H. The van der Waals surface area contributed by atoms with E-state index in [0.717, 1.165) is 0 Å². The molecule has 0 radical (unpaired) electrons. The smallest absolute Gasteiger partial charge is 0.0619 e. The molecule has 0 aromatic heterocycles. The van der Waals surface area contributed by atoms with Gasteiger partial charge in [-0.15, -0.1) is 0 Å². The molecule has 2 aliphatic rings. The van der Waals surface area contributed by atoms with Crippen molar-refractivity contribution < 1.29 is 0 Å². The van der Waals surface area contributed by atoms with Crippen LogP contribution in [0.15, 0.2) is 206 Å². The third kappa shape index (κ3) is 4.17. The summed E-state index contributed by atoms with van der Waals surface area (Å²) in [5.41, 5.74) is 15.3. The Morgan fingerprint density at radius 3 is 1.21 bits per heavy atom. The van der Waals surface area contributed by atoms with Gasteiger partial charge in [0.2, 0.25) is 0 Å². The Labute approximate surface area is 330 Å². The fourth-order valence-corrected chi connectivity index (χ4v) is 10.7. The van der Waals surface area contributed by atoms with Crippen LogP contribution >= 0.6 is 0 Å². The molecule has 0 saturated carbocycles. The zero-order valence-electron chi connectivity index (χ0n) is 31.1. The van der Waals surface area contributed by atoms with E-state index in [1.807, 2.05) is 0 Å². The molecule has 0 aliphatic heterocycles. The van der Waals surface area contributed by atoms with Gasteiger partial charge in [-0.1, -0.05) is 170 Å². The molecule has 1 unspecified atom stereocenters. The highest BCUT2D eigenvalue weighted by atomic mass is 14.5. The molecule has 0 bridgehead atoms. The van der Waals surface area contributed by atoms with Gasteiger partial charge >= 0.3 is 0 Å². The van der Waals surface area contributed by atoms with Crippen LogP contribution < -0.4 is 0 Å². The predicted octanol–water partition coefficient (Wildman–Crippen LogP) is 15.1. The Morgan fingerprint density at radius 2 is 0.596 bits per heavy atom. The minimum Gasteiger partial charge on any atom is -0.0619 e. The average molecular weight is 719 g/mol. The van der Waals surface area contributed by atoms with Crippen LogP contribution in [0.2, 0.25) is 0 Å². The Hall–Kier alpha value is -7.28. The molecular weight excluding hydrogens is 685 g/mol. The third-order valence-corrected chi connectivity index (χ3v) is 13.2. The van der Waals surface area contributed by atoms with Crippen molar-refractivity contribution in [3.63, 3.8) is 0 Å².